The van der Waals surface area contributed by atoms with Gasteiger partial charge in [0, 0.05) is 31.6 Å². The molecule has 1 unspecified atom stereocenters. The first-order valence-corrected chi connectivity index (χ1v) is 10.0. The molecule has 2 aliphatic rings. The van der Waals surface area contributed by atoms with E-state index in [1.54, 1.807) is 9.80 Å². The molecule has 0 aromatic heterocycles. The highest BCUT2D eigenvalue weighted by Gasteiger charge is 2.36. The Morgan fingerprint density at radius 3 is 2.43 bits per heavy atom. The first kappa shape index (κ1) is 20.2. The molecule has 1 N–H and O–H groups in total. The van der Waals surface area contributed by atoms with Crippen LogP contribution in [0.5, 0.6) is 5.75 Å². The monoisotopic (exact) mass is 388 g/mol. The third kappa shape index (κ3) is 5.24. The van der Waals surface area contributed by atoms with Gasteiger partial charge in [-0.05, 0) is 37.8 Å². The molecule has 2 aliphatic heterocycles. The lowest BCUT2D eigenvalue weighted by Crippen LogP contribution is -2.46. The van der Waals surface area contributed by atoms with E-state index in [2.05, 4.69) is 0 Å². The molecule has 3 rings (SSSR count). The number of benzene rings is 1. The van der Waals surface area contributed by atoms with E-state index in [9.17, 15) is 14.4 Å². The predicted molar refractivity (Wildman–Crippen MR) is 103 cm³/mol. The first-order chi connectivity index (χ1) is 13.5. The molecule has 2 amide bonds. The van der Waals surface area contributed by atoms with Gasteiger partial charge in [-0.3, -0.25) is 14.4 Å². The van der Waals surface area contributed by atoms with Crippen LogP contribution < -0.4 is 4.74 Å². The van der Waals surface area contributed by atoms with Crippen LogP contribution in [0, 0.1) is 5.92 Å². The minimum atomic E-state index is -0.858. The fourth-order valence-corrected chi connectivity index (χ4v) is 4.08. The summed E-state index contributed by atoms with van der Waals surface area (Å²) in [7, 11) is 0. The lowest BCUT2D eigenvalue weighted by molar-refractivity contribution is -0.144. The maximum Gasteiger partial charge on any atom is 0.305 e. The number of rotatable bonds is 7. The van der Waals surface area contributed by atoms with Crippen LogP contribution in [0.15, 0.2) is 30.3 Å². The zero-order valence-electron chi connectivity index (χ0n) is 16.1. The smallest absolute Gasteiger partial charge is 0.305 e. The summed E-state index contributed by atoms with van der Waals surface area (Å²) < 4.78 is 5.58. The maximum absolute atomic E-state index is 12.8. The number of hydrogen-bond acceptors (Lipinski definition) is 4. The van der Waals surface area contributed by atoms with E-state index in [-0.39, 0.29) is 30.2 Å². The number of hydrogen-bond donors (Lipinski definition) is 1. The predicted octanol–water partition coefficient (Wildman–Crippen LogP) is 2.16. The second kappa shape index (κ2) is 9.57. The zero-order chi connectivity index (χ0) is 19.9. The Morgan fingerprint density at radius 1 is 1.04 bits per heavy atom. The Kier molecular flexibility index (Phi) is 6.90. The van der Waals surface area contributed by atoms with Gasteiger partial charge in [0.2, 0.25) is 11.8 Å². The molecule has 1 aromatic carbocycles. The third-order valence-electron chi connectivity index (χ3n) is 5.60. The van der Waals surface area contributed by atoms with Gasteiger partial charge in [0.25, 0.3) is 0 Å². The number of likely N-dealkylation sites (tertiary alicyclic amines) is 2. The van der Waals surface area contributed by atoms with E-state index in [1.807, 2.05) is 30.3 Å². The standard InChI is InChI=1S/C21H28N2O5/c24-19(10-14-28-18-6-2-1-3-7-18)22-12-8-16(9-13-22)21(27)23-11-4-5-17(23)15-20(25)26/h1-3,6-7,16-17H,4-5,8-15H2,(H,25,26). The van der Waals surface area contributed by atoms with E-state index in [0.717, 1.165) is 18.6 Å². The molecule has 0 radical (unpaired) electrons. The van der Waals surface area contributed by atoms with E-state index in [1.165, 1.54) is 0 Å². The van der Waals surface area contributed by atoms with Crippen LogP contribution >= 0.6 is 0 Å². The Balaban J connectivity index is 1.41. The van der Waals surface area contributed by atoms with Gasteiger partial charge in [-0.25, -0.2) is 0 Å². The lowest BCUT2D eigenvalue weighted by atomic mass is 9.94. The summed E-state index contributed by atoms with van der Waals surface area (Å²) in [5.41, 5.74) is 0. The second-order valence-corrected chi connectivity index (χ2v) is 7.49. The second-order valence-electron chi connectivity index (χ2n) is 7.49. The van der Waals surface area contributed by atoms with Crippen molar-refractivity contribution in [1.82, 2.24) is 9.80 Å². The van der Waals surface area contributed by atoms with E-state index in [4.69, 9.17) is 9.84 Å². The topological polar surface area (TPSA) is 87.2 Å². The van der Waals surface area contributed by atoms with Gasteiger partial charge in [-0.2, -0.15) is 0 Å². The van der Waals surface area contributed by atoms with E-state index < -0.39 is 5.97 Å². The number of carboxylic acids is 1. The number of para-hydroxylation sites is 1. The van der Waals surface area contributed by atoms with E-state index in [0.29, 0.717) is 45.5 Å². The van der Waals surface area contributed by atoms with Crippen LogP contribution in [-0.2, 0) is 14.4 Å². The largest absolute Gasteiger partial charge is 0.493 e. The van der Waals surface area contributed by atoms with Crippen molar-refractivity contribution < 1.29 is 24.2 Å². The van der Waals surface area contributed by atoms with Crippen LogP contribution in [0.2, 0.25) is 0 Å². The maximum atomic E-state index is 12.8. The summed E-state index contributed by atoms with van der Waals surface area (Å²) >= 11 is 0. The fraction of sp³-hybridized carbons (Fsp3) is 0.571. The van der Waals surface area contributed by atoms with Gasteiger partial charge < -0.3 is 19.6 Å². The van der Waals surface area contributed by atoms with Crippen molar-refractivity contribution in [2.24, 2.45) is 5.92 Å². The Hall–Kier alpha value is -2.57. The minimum absolute atomic E-state index is 0.0183. The Labute approximate surface area is 165 Å². The van der Waals surface area contributed by atoms with Crippen molar-refractivity contribution in [3.63, 3.8) is 0 Å². The third-order valence-corrected chi connectivity index (χ3v) is 5.60. The molecule has 7 nitrogen and oxygen atoms in total. The molecule has 0 bridgehead atoms. The van der Waals surface area contributed by atoms with Crippen LogP contribution in [0.4, 0.5) is 0 Å². The number of amides is 2. The fourth-order valence-electron chi connectivity index (χ4n) is 4.08. The number of carbonyl (C=O) groups excluding carboxylic acids is 2. The van der Waals surface area contributed by atoms with Crippen LogP contribution in [0.25, 0.3) is 0 Å². The number of aliphatic carboxylic acids is 1. The van der Waals surface area contributed by atoms with Crippen LogP contribution in [0.1, 0.15) is 38.5 Å². The molecule has 2 fully saturated rings. The summed E-state index contributed by atoms with van der Waals surface area (Å²) in [5, 5.41) is 9.03. The minimum Gasteiger partial charge on any atom is -0.493 e. The SMILES string of the molecule is O=C(O)CC1CCCN1C(=O)C1CCN(C(=O)CCOc2ccccc2)CC1. The molecule has 0 aliphatic carbocycles. The van der Waals surface area contributed by atoms with Crippen molar-refractivity contribution in [3.8, 4) is 5.75 Å². The summed E-state index contributed by atoms with van der Waals surface area (Å²) in [6.07, 6.45) is 3.24. The summed E-state index contributed by atoms with van der Waals surface area (Å²) in [5.74, 6) is -0.113. The molecule has 0 spiro atoms. The van der Waals surface area contributed by atoms with Crippen LogP contribution in [0.3, 0.4) is 0 Å². The quantitative estimate of drug-likeness (QED) is 0.773. The van der Waals surface area contributed by atoms with Crippen LogP contribution in [-0.4, -0.2) is 65.0 Å². The van der Waals surface area contributed by atoms with Crippen molar-refractivity contribution >= 4 is 17.8 Å². The molecule has 152 valence electrons. The van der Waals surface area contributed by atoms with Gasteiger partial charge >= 0.3 is 5.97 Å². The molecule has 1 aromatic rings. The summed E-state index contributed by atoms with van der Waals surface area (Å²) in [4.78, 5) is 39.7. The van der Waals surface area contributed by atoms with Crippen molar-refractivity contribution in [3.05, 3.63) is 30.3 Å². The first-order valence-electron chi connectivity index (χ1n) is 10.0. The normalized spacial score (nSPS) is 20.2. The van der Waals surface area contributed by atoms with Gasteiger partial charge in [-0.15, -0.1) is 0 Å². The summed E-state index contributed by atoms with van der Waals surface area (Å²) in [6, 6.07) is 9.23. The van der Waals surface area contributed by atoms with Crippen molar-refractivity contribution in [2.45, 2.75) is 44.6 Å². The number of carboxylic acid groups (broad SMARTS) is 1. The number of nitrogens with zero attached hydrogens (tertiary/aromatic N) is 2. The average Bonchev–Trinajstić information content (AvgIpc) is 3.15. The Morgan fingerprint density at radius 2 is 1.75 bits per heavy atom. The Bertz CT molecular complexity index is 685. The molecule has 2 saturated heterocycles. The summed E-state index contributed by atoms with van der Waals surface area (Å²) in [6.45, 7) is 2.12. The lowest BCUT2D eigenvalue weighted by Gasteiger charge is -2.34. The zero-order valence-corrected chi connectivity index (χ0v) is 16.1. The highest BCUT2D eigenvalue weighted by molar-refractivity contribution is 5.81. The molecular weight excluding hydrogens is 360 g/mol. The van der Waals surface area contributed by atoms with Gasteiger partial charge in [0.05, 0.1) is 19.4 Å². The average molecular weight is 388 g/mol. The van der Waals surface area contributed by atoms with Gasteiger partial charge in [0.15, 0.2) is 0 Å². The number of piperidine rings is 1. The van der Waals surface area contributed by atoms with Crippen molar-refractivity contribution in [2.75, 3.05) is 26.2 Å². The van der Waals surface area contributed by atoms with Gasteiger partial charge in [-0.1, -0.05) is 18.2 Å². The van der Waals surface area contributed by atoms with Crippen molar-refractivity contribution in [1.29, 1.82) is 0 Å². The molecule has 28 heavy (non-hydrogen) atoms. The number of carbonyl (C=O) groups is 3. The molecule has 1 atom stereocenters. The van der Waals surface area contributed by atoms with Gasteiger partial charge in [0.1, 0.15) is 5.75 Å². The number of ether oxygens (including phenoxy) is 1. The molecule has 7 heteroatoms. The van der Waals surface area contributed by atoms with E-state index >= 15 is 0 Å². The highest BCUT2D eigenvalue weighted by Crippen LogP contribution is 2.27. The molecule has 2 heterocycles. The molecule has 0 saturated carbocycles. The molecular formula is C21H28N2O5. The highest BCUT2D eigenvalue weighted by atomic mass is 16.5.